The summed E-state index contributed by atoms with van der Waals surface area (Å²) in [5.74, 6) is -1.66. The maximum absolute atomic E-state index is 12.7. The third-order valence-corrected chi connectivity index (χ3v) is 5.27. The lowest BCUT2D eigenvalue weighted by atomic mass is 10.0. The summed E-state index contributed by atoms with van der Waals surface area (Å²) in [4.78, 5) is 37.3. The van der Waals surface area contributed by atoms with Gasteiger partial charge in [0.15, 0.2) is 0 Å². The maximum Gasteiger partial charge on any atom is 0.308 e. The number of carbonyl (C=O) groups excluding carboxylic acids is 3. The quantitative estimate of drug-likeness (QED) is 0.375. The summed E-state index contributed by atoms with van der Waals surface area (Å²) in [6, 6.07) is 20.8. The fraction of sp³-hybridized carbons (Fsp3) is 0.269. The van der Waals surface area contributed by atoms with E-state index in [2.05, 4.69) is 10.6 Å². The number of ether oxygens (including phenoxy) is 2. The summed E-state index contributed by atoms with van der Waals surface area (Å²) in [5, 5.41) is 7.50. The summed E-state index contributed by atoms with van der Waals surface area (Å²) in [6.45, 7) is 0.337. The molecule has 0 aliphatic carbocycles. The van der Waals surface area contributed by atoms with Crippen LogP contribution in [0.1, 0.15) is 17.5 Å². The van der Waals surface area contributed by atoms with Crippen molar-refractivity contribution in [3.63, 3.8) is 0 Å². The van der Waals surface area contributed by atoms with Gasteiger partial charge < -0.3 is 25.8 Å². The van der Waals surface area contributed by atoms with Gasteiger partial charge in [0.2, 0.25) is 11.8 Å². The number of benzene rings is 3. The Morgan fingerprint density at radius 3 is 2.38 bits per heavy atom. The molecule has 2 amide bonds. The van der Waals surface area contributed by atoms with Crippen LogP contribution < -0.4 is 16.4 Å². The van der Waals surface area contributed by atoms with E-state index in [9.17, 15) is 14.4 Å². The highest BCUT2D eigenvalue weighted by atomic mass is 16.5. The zero-order valence-corrected chi connectivity index (χ0v) is 19.0. The molecule has 0 spiro atoms. The third kappa shape index (κ3) is 7.13. The van der Waals surface area contributed by atoms with E-state index in [1.807, 2.05) is 72.8 Å². The predicted octanol–water partition coefficient (Wildman–Crippen LogP) is 2.05. The van der Waals surface area contributed by atoms with Crippen LogP contribution in [0.25, 0.3) is 10.8 Å². The molecule has 8 nitrogen and oxygen atoms in total. The Hall–Kier alpha value is -3.75. The van der Waals surface area contributed by atoms with Crippen molar-refractivity contribution in [3.8, 4) is 0 Å². The minimum Gasteiger partial charge on any atom is -0.461 e. The number of nitrogens with two attached hydrogens (primary N) is 1. The normalized spacial score (nSPS) is 12.5. The van der Waals surface area contributed by atoms with E-state index in [1.54, 1.807) is 0 Å². The first-order chi connectivity index (χ1) is 16.5. The van der Waals surface area contributed by atoms with E-state index in [1.165, 1.54) is 7.11 Å². The number of hydrogen-bond acceptors (Lipinski definition) is 6. The number of fused-ring (bicyclic) bond motifs is 1. The highest BCUT2D eigenvalue weighted by Gasteiger charge is 2.25. The van der Waals surface area contributed by atoms with Crippen LogP contribution >= 0.6 is 0 Å². The van der Waals surface area contributed by atoms with Crippen molar-refractivity contribution in [2.75, 3.05) is 13.7 Å². The first kappa shape index (κ1) is 24.9. The van der Waals surface area contributed by atoms with Gasteiger partial charge in [-0.1, -0.05) is 72.8 Å². The molecule has 0 fully saturated rings. The number of amides is 2. The highest BCUT2D eigenvalue weighted by Crippen LogP contribution is 2.18. The van der Waals surface area contributed by atoms with Gasteiger partial charge in [-0.2, -0.15) is 0 Å². The molecule has 0 bridgehead atoms. The minimum atomic E-state index is -1.16. The molecule has 0 aromatic heterocycles. The SMILES string of the molecule is COC[C@H](NC(=O)[C@@H](N)CC(=O)OCc1ccccc1)C(=O)NCc1cccc2ccccc12. The van der Waals surface area contributed by atoms with Gasteiger partial charge in [-0.3, -0.25) is 14.4 Å². The largest absolute Gasteiger partial charge is 0.461 e. The van der Waals surface area contributed by atoms with E-state index < -0.39 is 29.9 Å². The van der Waals surface area contributed by atoms with Crippen LogP contribution in [0.15, 0.2) is 72.8 Å². The second-order valence-corrected chi connectivity index (χ2v) is 7.83. The van der Waals surface area contributed by atoms with E-state index in [4.69, 9.17) is 15.2 Å². The number of hydrogen-bond donors (Lipinski definition) is 3. The molecule has 3 rings (SSSR count). The Balaban J connectivity index is 1.51. The van der Waals surface area contributed by atoms with Gasteiger partial charge in [0.25, 0.3) is 0 Å². The van der Waals surface area contributed by atoms with E-state index in [-0.39, 0.29) is 26.2 Å². The molecular formula is C26H29N3O5. The molecule has 0 heterocycles. The van der Waals surface area contributed by atoms with Crippen molar-refractivity contribution >= 4 is 28.6 Å². The predicted molar refractivity (Wildman–Crippen MR) is 128 cm³/mol. The smallest absolute Gasteiger partial charge is 0.308 e. The van der Waals surface area contributed by atoms with Crippen LogP contribution in [-0.2, 0) is 37.0 Å². The van der Waals surface area contributed by atoms with Crippen molar-refractivity contribution < 1.29 is 23.9 Å². The zero-order valence-electron chi connectivity index (χ0n) is 19.0. The van der Waals surface area contributed by atoms with Crippen molar-refractivity contribution in [2.45, 2.75) is 31.7 Å². The van der Waals surface area contributed by atoms with Crippen LogP contribution in [-0.4, -0.2) is 43.6 Å². The Bertz CT molecular complexity index is 1110. The molecule has 0 saturated heterocycles. The maximum atomic E-state index is 12.7. The van der Waals surface area contributed by atoms with Crippen LogP contribution in [0.3, 0.4) is 0 Å². The van der Waals surface area contributed by atoms with Crippen LogP contribution in [0.2, 0.25) is 0 Å². The second kappa shape index (κ2) is 12.5. The fourth-order valence-corrected chi connectivity index (χ4v) is 3.45. The van der Waals surface area contributed by atoms with Gasteiger partial charge in [-0.25, -0.2) is 0 Å². The van der Waals surface area contributed by atoms with Crippen LogP contribution in [0, 0.1) is 0 Å². The lowest BCUT2D eigenvalue weighted by molar-refractivity contribution is -0.146. The summed E-state index contributed by atoms with van der Waals surface area (Å²) in [7, 11) is 1.43. The molecule has 3 aromatic carbocycles. The molecule has 0 saturated carbocycles. The van der Waals surface area contributed by atoms with E-state index in [0.717, 1.165) is 21.9 Å². The third-order valence-electron chi connectivity index (χ3n) is 5.27. The summed E-state index contributed by atoms with van der Waals surface area (Å²) < 4.78 is 10.3. The molecule has 0 radical (unpaired) electrons. The van der Waals surface area contributed by atoms with Gasteiger partial charge in [0, 0.05) is 13.7 Å². The van der Waals surface area contributed by atoms with Crippen LogP contribution in [0.5, 0.6) is 0 Å². The lowest BCUT2D eigenvalue weighted by Crippen LogP contribution is -2.53. The average Bonchev–Trinajstić information content (AvgIpc) is 2.86. The van der Waals surface area contributed by atoms with Gasteiger partial charge in [-0.05, 0) is 21.9 Å². The average molecular weight is 464 g/mol. The van der Waals surface area contributed by atoms with Crippen molar-refractivity contribution in [1.29, 1.82) is 0 Å². The van der Waals surface area contributed by atoms with Crippen LogP contribution in [0.4, 0.5) is 0 Å². The molecule has 4 N–H and O–H groups in total. The summed E-state index contributed by atoms with van der Waals surface area (Å²) >= 11 is 0. The minimum absolute atomic E-state index is 0.0434. The van der Waals surface area contributed by atoms with Crippen molar-refractivity contribution in [3.05, 3.63) is 83.9 Å². The number of nitrogens with one attached hydrogen (secondary N) is 2. The topological polar surface area (TPSA) is 120 Å². The molecular weight excluding hydrogens is 434 g/mol. The highest BCUT2D eigenvalue weighted by molar-refractivity contribution is 5.92. The van der Waals surface area contributed by atoms with Gasteiger partial charge in [0.1, 0.15) is 12.6 Å². The van der Waals surface area contributed by atoms with Crippen molar-refractivity contribution in [1.82, 2.24) is 10.6 Å². The zero-order chi connectivity index (χ0) is 24.3. The summed E-state index contributed by atoms with van der Waals surface area (Å²) in [6.07, 6.45) is -0.310. The standard InChI is InChI=1S/C26H29N3O5/c1-33-17-23(26(32)28-15-20-12-7-11-19-10-5-6-13-21(19)20)29-25(31)22(27)14-24(30)34-16-18-8-3-2-4-9-18/h2-13,22-23H,14-17,27H2,1H3,(H,28,32)(H,29,31)/t22-,23-/m0/s1. The molecule has 2 atom stereocenters. The Kier molecular flexibility index (Phi) is 9.13. The van der Waals surface area contributed by atoms with E-state index >= 15 is 0 Å². The van der Waals surface area contributed by atoms with Gasteiger partial charge in [0.05, 0.1) is 19.1 Å². The summed E-state index contributed by atoms with van der Waals surface area (Å²) in [5.41, 5.74) is 7.65. The van der Waals surface area contributed by atoms with E-state index in [0.29, 0.717) is 0 Å². The molecule has 0 unspecified atom stereocenters. The number of methoxy groups -OCH3 is 1. The lowest BCUT2D eigenvalue weighted by Gasteiger charge is -2.20. The Morgan fingerprint density at radius 1 is 0.912 bits per heavy atom. The molecule has 34 heavy (non-hydrogen) atoms. The monoisotopic (exact) mass is 463 g/mol. The number of esters is 1. The van der Waals surface area contributed by atoms with Gasteiger partial charge in [-0.15, -0.1) is 0 Å². The first-order valence-corrected chi connectivity index (χ1v) is 11.0. The Morgan fingerprint density at radius 2 is 1.62 bits per heavy atom. The Labute approximate surface area is 198 Å². The first-order valence-electron chi connectivity index (χ1n) is 11.0. The van der Waals surface area contributed by atoms with Crippen molar-refractivity contribution in [2.24, 2.45) is 5.73 Å². The molecule has 8 heteroatoms. The number of carbonyl (C=O) groups is 3. The number of rotatable bonds is 11. The van der Waals surface area contributed by atoms with Gasteiger partial charge >= 0.3 is 5.97 Å². The second-order valence-electron chi connectivity index (χ2n) is 7.83. The molecule has 3 aromatic rings. The molecule has 0 aliphatic heterocycles. The fourth-order valence-electron chi connectivity index (χ4n) is 3.45. The molecule has 0 aliphatic rings. The molecule has 178 valence electrons.